The Balaban J connectivity index is 0.000000963. The second-order valence-corrected chi connectivity index (χ2v) is 4.93. The third kappa shape index (κ3) is 1.69. The molecular weight excluding hydrogens is 313 g/mol. The first kappa shape index (κ1) is 12.3. The summed E-state index contributed by atoms with van der Waals surface area (Å²) in [6.45, 7) is 7.20. The smallest absolute Gasteiger partial charge is 0.0863 e. The number of hydrogen-bond donors (Lipinski definition) is 1. The van der Waals surface area contributed by atoms with Crippen LogP contribution < -0.4 is 5.32 Å². The van der Waals surface area contributed by atoms with Crippen LogP contribution in [0.15, 0.2) is 18.2 Å². The Morgan fingerprint density at radius 2 is 2.31 bits per heavy atom. The van der Waals surface area contributed by atoms with Gasteiger partial charge in [0.25, 0.3) is 0 Å². The lowest BCUT2D eigenvalue weighted by Crippen LogP contribution is -2.39. The van der Waals surface area contributed by atoms with Crippen molar-refractivity contribution in [3.63, 3.8) is 0 Å². The van der Waals surface area contributed by atoms with Gasteiger partial charge < -0.3 is 10.1 Å². The summed E-state index contributed by atoms with van der Waals surface area (Å²) in [6, 6.07) is 6.60. The van der Waals surface area contributed by atoms with Gasteiger partial charge in [0.15, 0.2) is 0 Å². The molecule has 0 spiro atoms. The van der Waals surface area contributed by atoms with Gasteiger partial charge in [-0.1, -0.05) is 18.2 Å². The molecule has 2 aliphatic rings. The average molecular weight is 335 g/mol. The first-order chi connectivity index (χ1) is 7.21. The van der Waals surface area contributed by atoms with Gasteiger partial charge in [-0.3, -0.25) is 0 Å². The Labute approximate surface area is 117 Å². The van der Waals surface area contributed by atoms with Gasteiger partial charge in [0.2, 0.25) is 0 Å². The zero-order valence-electron chi connectivity index (χ0n) is 9.75. The van der Waals surface area contributed by atoms with Crippen LogP contribution in [0.1, 0.15) is 32.4 Å². The van der Waals surface area contributed by atoms with Crippen molar-refractivity contribution in [1.82, 2.24) is 5.32 Å². The molecule has 0 aromatic heterocycles. The molecule has 0 radical (unpaired) electrons. The maximum Gasteiger partial charge on any atom is 0.0863 e. The quantitative estimate of drug-likeness (QED) is 0.736. The van der Waals surface area contributed by atoms with Gasteiger partial charge in [-0.2, -0.15) is 0 Å². The largest absolute Gasteiger partial charge is 0.369 e. The summed E-state index contributed by atoms with van der Waals surface area (Å²) in [5.41, 5.74) is 4.28. The molecule has 0 aliphatic carbocycles. The summed E-state index contributed by atoms with van der Waals surface area (Å²) < 4.78 is 6.03. The highest BCUT2D eigenvalue weighted by atomic mass is 127. The second kappa shape index (κ2) is 4.27. The molecule has 1 aromatic carbocycles. The Morgan fingerprint density at radius 3 is 3.12 bits per heavy atom. The number of rotatable bonds is 0. The molecule has 1 fully saturated rings. The molecular formula is C13H22INO. The van der Waals surface area contributed by atoms with Gasteiger partial charge in [0, 0.05) is 21.9 Å². The molecule has 0 bridgehead atoms. The number of halogens is 1. The van der Waals surface area contributed by atoms with Gasteiger partial charge in [-0.25, -0.2) is 0 Å². The fourth-order valence-corrected chi connectivity index (χ4v) is 2.88. The highest BCUT2D eigenvalue weighted by Gasteiger charge is 2.44. The minimum Gasteiger partial charge on any atom is -0.369 e. The summed E-state index contributed by atoms with van der Waals surface area (Å²) in [7, 11) is 0. The lowest BCUT2D eigenvalue weighted by Gasteiger charge is -2.37. The van der Waals surface area contributed by atoms with Crippen molar-refractivity contribution in [2.75, 3.05) is 13.1 Å². The summed E-state index contributed by atoms with van der Waals surface area (Å²) in [5, 5.41) is 3.44. The number of nitrogens with one attached hydrogen (secondary N) is 1. The van der Waals surface area contributed by atoms with E-state index in [0.29, 0.717) is 5.92 Å². The van der Waals surface area contributed by atoms with Crippen LogP contribution >= 0.6 is 24.0 Å². The Kier molecular flexibility index (Phi) is 3.29. The summed E-state index contributed by atoms with van der Waals surface area (Å²) in [6.07, 6.45) is 0. The van der Waals surface area contributed by atoms with Gasteiger partial charge in [0.05, 0.1) is 12.2 Å². The fourth-order valence-electron chi connectivity index (χ4n) is 2.88. The maximum absolute atomic E-state index is 6.03. The number of aryl methyl sites for hydroxylation is 1. The van der Waals surface area contributed by atoms with Gasteiger partial charge in [-0.05, 0) is 30.5 Å². The van der Waals surface area contributed by atoms with E-state index in [0.717, 1.165) is 19.7 Å². The fraction of sp³-hybridized carbons (Fsp3) is 0.538. The van der Waals surface area contributed by atoms with Gasteiger partial charge in [0.1, 0.15) is 0 Å². The molecule has 1 N–H and O–H groups in total. The van der Waals surface area contributed by atoms with E-state index < -0.39 is 0 Å². The SMILES string of the molecule is Cc1cccc2c1CO[C@@]1(C)CNCC21.I.[HH].[HH]. The van der Waals surface area contributed by atoms with Crippen molar-refractivity contribution < 1.29 is 7.59 Å². The van der Waals surface area contributed by atoms with Crippen LogP contribution in [0.2, 0.25) is 0 Å². The highest BCUT2D eigenvalue weighted by molar-refractivity contribution is 14.0. The number of fused-ring (bicyclic) bond motifs is 3. The van der Waals surface area contributed by atoms with E-state index in [2.05, 4.69) is 37.4 Å². The molecule has 1 aromatic rings. The molecule has 0 saturated carbocycles. The van der Waals surface area contributed by atoms with Crippen molar-refractivity contribution in [2.45, 2.75) is 32.0 Å². The third-order valence-electron chi connectivity index (χ3n) is 3.93. The Hall–Kier alpha value is -0.130. The van der Waals surface area contributed by atoms with E-state index in [1.807, 2.05) is 0 Å². The molecule has 3 heteroatoms. The zero-order valence-corrected chi connectivity index (χ0v) is 12.1. The molecule has 2 aliphatic heterocycles. The van der Waals surface area contributed by atoms with Gasteiger partial charge in [-0.15, -0.1) is 24.0 Å². The summed E-state index contributed by atoms with van der Waals surface area (Å²) in [5.74, 6) is 0.529. The van der Waals surface area contributed by atoms with Crippen molar-refractivity contribution in [2.24, 2.45) is 0 Å². The van der Waals surface area contributed by atoms with Crippen molar-refractivity contribution in [3.8, 4) is 0 Å². The molecule has 1 saturated heterocycles. The minimum atomic E-state index is 0. The molecule has 2 atom stereocenters. The van der Waals surface area contributed by atoms with Crippen LogP contribution in [0.3, 0.4) is 0 Å². The zero-order chi connectivity index (χ0) is 10.5. The van der Waals surface area contributed by atoms with Gasteiger partial charge >= 0.3 is 0 Å². The highest BCUT2D eigenvalue weighted by Crippen LogP contribution is 2.41. The first-order valence-electron chi connectivity index (χ1n) is 5.64. The minimum absolute atomic E-state index is 0. The molecule has 2 nitrogen and oxygen atoms in total. The predicted octanol–water partition coefficient (Wildman–Crippen LogP) is 3.08. The molecule has 16 heavy (non-hydrogen) atoms. The lowest BCUT2D eigenvalue weighted by atomic mass is 9.80. The van der Waals surface area contributed by atoms with Crippen LogP contribution in [0.4, 0.5) is 0 Å². The number of ether oxygens (including phenoxy) is 1. The van der Waals surface area contributed by atoms with Crippen LogP contribution in [0, 0.1) is 6.92 Å². The molecule has 0 amide bonds. The third-order valence-corrected chi connectivity index (χ3v) is 3.93. The Morgan fingerprint density at radius 1 is 1.50 bits per heavy atom. The predicted molar refractivity (Wildman–Crippen MR) is 79.6 cm³/mol. The summed E-state index contributed by atoms with van der Waals surface area (Å²) >= 11 is 0. The van der Waals surface area contributed by atoms with Crippen LogP contribution in [-0.4, -0.2) is 18.7 Å². The molecule has 1 unspecified atom stereocenters. The van der Waals surface area contributed by atoms with Crippen LogP contribution in [0.5, 0.6) is 0 Å². The molecule has 3 rings (SSSR count). The Bertz CT molecular complexity index is 416. The summed E-state index contributed by atoms with van der Waals surface area (Å²) in [4.78, 5) is 0. The second-order valence-electron chi connectivity index (χ2n) is 4.93. The number of benzene rings is 1. The maximum atomic E-state index is 6.03. The van der Waals surface area contributed by atoms with E-state index >= 15 is 0 Å². The lowest BCUT2D eigenvalue weighted by molar-refractivity contribution is -0.0520. The topological polar surface area (TPSA) is 21.3 Å². The first-order valence-corrected chi connectivity index (χ1v) is 5.64. The van der Waals surface area contributed by atoms with Crippen molar-refractivity contribution in [1.29, 1.82) is 0 Å². The normalized spacial score (nSPS) is 31.5. The number of hydrogen-bond acceptors (Lipinski definition) is 2. The van der Waals surface area contributed by atoms with Crippen LogP contribution in [-0.2, 0) is 11.3 Å². The van der Waals surface area contributed by atoms with E-state index in [1.165, 1.54) is 16.7 Å². The average Bonchev–Trinajstić information content (AvgIpc) is 2.60. The van der Waals surface area contributed by atoms with E-state index in [1.54, 1.807) is 0 Å². The molecule has 2 heterocycles. The van der Waals surface area contributed by atoms with Crippen molar-refractivity contribution >= 4 is 24.0 Å². The standard InChI is InChI=1S/C13H17NO.HI.2H2/c1-9-4-3-5-10-11(9)7-15-13(2)8-14-6-12(10)13;;;/h3-5,12,14H,6-8H2,1-2H3;3*1H/t12?,13-;;;/m0.../s1. The van der Waals surface area contributed by atoms with Crippen molar-refractivity contribution in [3.05, 3.63) is 34.9 Å². The van der Waals surface area contributed by atoms with Crippen LogP contribution in [0.25, 0.3) is 0 Å². The van der Waals surface area contributed by atoms with E-state index in [-0.39, 0.29) is 32.4 Å². The monoisotopic (exact) mass is 335 g/mol. The van der Waals surface area contributed by atoms with E-state index in [9.17, 15) is 0 Å². The van der Waals surface area contributed by atoms with E-state index in [4.69, 9.17) is 4.74 Å². The molecule has 92 valence electrons.